The van der Waals surface area contributed by atoms with Crippen LogP contribution in [0.5, 0.6) is 0 Å². The van der Waals surface area contributed by atoms with Crippen LogP contribution >= 0.6 is 0 Å². The highest BCUT2D eigenvalue weighted by Crippen LogP contribution is 2.42. The van der Waals surface area contributed by atoms with E-state index in [4.69, 9.17) is 0 Å². The minimum Gasteiger partial charge on any atom is -0.481 e. The van der Waals surface area contributed by atoms with Crippen LogP contribution in [0.25, 0.3) is 11.1 Å². The van der Waals surface area contributed by atoms with Crippen LogP contribution in [0.1, 0.15) is 36.3 Å². The molecule has 182 valence electrons. The Morgan fingerprint density at radius 3 is 2.31 bits per heavy atom. The zero-order valence-corrected chi connectivity index (χ0v) is 18.3. The summed E-state index contributed by atoms with van der Waals surface area (Å²) in [6.45, 7) is 0. The van der Waals surface area contributed by atoms with Gasteiger partial charge in [-0.15, -0.1) is 0 Å². The molecule has 1 heterocycles. The molecule has 6 nitrogen and oxygen atoms in total. The van der Waals surface area contributed by atoms with Crippen molar-refractivity contribution < 1.29 is 32.3 Å². The number of anilines is 1. The molecule has 0 radical (unpaired) electrons. The van der Waals surface area contributed by atoms with Crippen molar-refractivity contribution in [3.05, 3.63) is 77.9 Å². The fourth-order valence-corrected chi connectivity index (χ4v) is 4.61. The third kappa shape index (κ3) is 5.31. The average molecular weight is 487 g/mol. The monoisotopic (exact) mass is 487 g/mol. The highest BCUT2D eigenvalue weighted by molar-refractivity contribution is 5.95. The Balaban J connectivity index is 1.55. The van der Waals surface area contributed by atoms with E-state index in [2.05, 4.69) is 15.5 Å². The first-order valence-electron chi connectivity index (χ1n) is 10.9. The molecule has 1 fully saturated rings. The lowest BCUT2D eigenvalue weighted by atomic mass is 9.69. The van der Waals surface area contributed by atoms with Gasteiger partial charge in [0.05, 0.1) is 35.5 Å². The molecule has 3 aromatic rings. The van der Waals surface area contributed by atoms with Gasteiger partial charge in [0.2, 0.25) is 5.91 Å². The van der Waals surface area contributed by atoms with Gasteiger partial charge in [0.25, 0.3) is 0 Å². The molecule has 0 aliphatic heterocycles. The van der Waals surface area contributed by atoms with E-state index in [-0.39, 0.29) is 6.42 Å². The van der Waals surface area contributed by atoms with E-state index in [1.807, 2.05) is 24.3 Å². The number of aromatic nitrogens is 2. The van der Waals surface area contributed by atoms with Crippen molar-refractivity contribution in [3.8, 4) is 11.1 Å². The van der Waals surface area contributed by atoms with Crippen LogP contribution in [0.3, 0.4) is 0 Å². The Morgan fingerprint density at radius 2 is 1.71 bits per heavy atom. The number of amides is 1. The average Bonchev–Trinajstić information content (AvgIpc) is 2.84. The SMILES string of the molecule is O=C(O)[C@@H]1[C@@H](c2ccc(-c3ccnnc3)cc2)CCC[C@H]1C(=O)Nc1ccc(C(F)(F)F)cc1F. The van der Waals surface area contributed by atoms with Gasteiger partial charge in [-0.25, -0.2) is 4.39 Å². The number of carboxylic acids is 1. The highest BCUT2D eigenvalue weighted by Gasteiger charge is 2.43. The summed E-state index contributed by atoms with van der Waals surface area (Å²) < 4.78 is 52.6. The summed E-state index contributed by atoms with van der Waals surface area (Å²) in [5.74, 6) is -5.65. The Morgan fingerprint density at radius 1 is 0.971 bits per heavy atom. The van der Waals surface area contributed by atoms with E-state index >= 15 is 0 Å². The van der Waals surface area contributed by atoms with E-state index in [1.54, 1.807) is 18.5 Å². The number of nitrogens with one attached hydrogen (secondary N) is 1. The fourth-order valence-electron chi connectivity index (χ4n) is 4.61. The van der Waals surface area contributed by atoms with Gasteiger partial charge in [-0.3, -0.25) is 9.59 Å². The summed E-state index contributed by atoms with van der Waals surface area (Å²) in [6, 6.07) is 10.9. The van der Waals surface area contributed by atoms with Crippen molar-refractivity contribution in [3.63, 3.8) is 0 Å². The molecule has 1 aliphatic rings. The third-order valence-corrected chi connectivity index (χ3v) is 6.33. The zero-order chi connectivity index (χ0) is 25.2. The van der Waals surface area contributed by atoms with Crippen LogP contribution in [-0.4, -0.2) is 27.2 Å². The fraction of sp³-hybridized carbons (Fsp3) is 0.280. The lowest BCUT2D eigenvalue weighted by Crippen LogP contribution is -2.40. The normalized spacial score (nSPS) is 20.3. The largest absolute Gasteiger partial charge is 0.481 e. The first-order chi connectivity index (χ1) is 16.6. The molecule has 3 atom stereocenters. The molecule has 0 saturated heterocycles. The Kier molecular flexibility index (Phi) is 6.81. The quantitative estimate of drug-likeness (QED) is 0.462. The topological polar surface area (TPSA) is 92.2 Å². The molecule has 2 aromatic carbocycles. The number of alkyl halides is 3. The smallest absolute Gasteiger partial charge is 0.416 e. The summed E-state index contributed by atoms with van der Waals surface area (Å²) in [5, 5.41) is 19.8. The van der Waals surface area contributed by atoms with E-state index in [9.17, 15) is 32.3 Å². The van der Waals surface area contributed by atoms with Crippen LogP contribution in [0.2, 0.25) is 0 Å². The highest BCUT2D eigenvalue weighted by atomic mass is 19.4. The van der Waals surface area contributed by atoms with Gasteiger partial charge < -0.3 is 10.4 Å². The molecule has 0 bridgehead atoms. The Bertz CT molecular complexity index is 1220. The third-order valence-electron chi connectivity index (χ3n) is 6.33. The van der Waals surface area contributed by atoms with E-state index < -0.39 is 52.9 Å². The van der Waals surface area contributed by atoms with Gasteiger partial charge in [0.1, 0.15) is 5.82 Å². The molecule has 1 amide bonds. The molecule has 0 unspecified atom stereocenters. The molecular weight excluding hydrogens is 466 g/mol. The summed E-state index contributed by atoms with van der Waals surface area (Å²) in [5.41, 5.74) is 0.866. The minimum absolute atomic E-state index is 0.266. The van der Waals surface area contributed by atoms with Crippen molar-refractivity contribution in [2.75, 3.05) is 5.32 Å². The maximum absolute atomic E-state index is 14.2. The number of hydrogen-bond acceptors (Lipinski definition) is 4. The number of nitrogens with zero attached hydrogens (tertiary/aromatic N) is 2. The van der Waals surface area contributed by atoms with Gasteiger partial charge in [-0.1, -0.05) is 30.7 Å². The van der Waals surface area contributed by atoms with Crippen molar-refractivity contribution in [2.45, 2.75) is 31.4 Å². The number of carboxylic acid groups (broad SMARTS) is 1. The van der Waals surface area contributed by atoms with E-state index in [0.29, 0.717) is 25.0 Å². The Labute approximate surface area is 198 Å². The summed E-state index contributed by atoms with van der Waals surface area (Å²) in [6.07, 6.45) is -0.173. The summed E-state index contributed by atoms with van der Waals surface area (Å²) in [4.78, 5) is 25.2. The molecular formula is C25H21F4N3O3. The van der Waals surface area contributed by atoms with E-state index in [0.717, 1.165) is 22.8 Å². The van der Waals surface area contributed by atoms with Crippen molar-refractivity contribution in [1.82, 2.24) is 10.2 Å². The minimum atomic E-state index is -4.72. The van der Waals surface area contributed by atoms with Crippen LogP contribution in [0.4, 0.5) is 23.2 Å². The van der Waals surface area contributed by atoms with E-state index in [1.165, 1.54) is 0 Å². The van der Waals surface area contributed by atoms with Gasteiger partial charge >= 0.3 is 12.1 Å². The molecule has 1 aliphatic carbocycles. The maximum atomic E-state index is 14.2. The van der Waals surface area contributed by atoms with Crippen LogP contribution in [0, 0.1) is 17.7 Å². The van der Waals surface area contributed by atoms with Crippen molar-refractivity contribution in [2.24, 2.45) is 11.8 Å². The maximum Gasteiger partial charge on any atom is 0.416 e. The second-order valence-electron chi connectivity index (χ2n) is 8.44. The predicted molar refractivity (Wildman–Crippen MR) is 119 cm³/mol. The predicted octanol–water partition coefficient (Wildman–Crippen LogP) is 5.52. The van der Waals surface area contributed by atoms with Crippen molar-refractivity contribution >= 4 is 17.6 Å². The number of hydrogen-bond donors (Lipinski definition) is 2. The zero-order valence-electron chi connectivity index (χ0n) is 18.3. The van der Waals surface area contributed by atoms with Crippen molar-refractivity contribution in [1.29, 1.82) is 0 Å². The number of aliphatic carboxylic acids is 1. The first kappa shape index (κ1) is 24.3. The lowest BCUT2D eigenvalue weighted by molar-refractivity contribution is -0.148. The van der Waals surface area contributed by atoms with Gasteiger partial charge in [-0.05, 0) is 54.2 Å². The van der Waals surface area contributed by atoms with Gasteiger partial charge in [0, 0.05) is 5.56 Å². The Hall–Kier alpha value is -3.82. The molecule has 35 heavy (non-hydrogen) atoms. The number of benzene rings is 2. The number of carbonyl (C=O) groups excluding carboxylic acids is 1. The van der Waals surface area contributed by atoms with Gasteiger partial charge in [0.15, 0.2) is 0 Å². The van der Waals surface area contributed by atoms with Gasteiger partial charge in [-0.2, -0.15) is 23.4 Å². The number of rotatable bonds is 5. The summed E-state index contributed by atoms with van der Waals surface area (Å²) in [7, 11) is 0. The first-order valence-corrected chi connectivity index (χ1v) is 10.9. The second-order valence-corrected chi connectivity index (χ2v) is 8.44. The molecule has 2 N–H and O–H groups in total. The molecule has 1 saturated carbocycles. The number of carbonyl (C=O) groups is 2. The molecule has 1 aromatic heterocycles. The standard InChI is InChI=1S/C25H21F4N3O3/c26-20-12-17(25(27,28)29)8-9-21(20)32-23(33)19-3-1-2-18(22(19)24(34)35)15-6-4-14(5-7-15)16-10-11-30-31-13-16/h4-13,18-19,22H,1-3H2,(H,32,33)(H,34,35)/t18-,19-,22-/m1/s1. The molecule has 4 rings (SSSR count). The summed E-state index contributed by atoms with van der Waals surface area (Å²) >= 11 is 0. The van der Waals surface area contributed by atoms with Crippen LogP contribution < -0.4 is 5.32 Å². The second kappa shape index (κ2) is 9.81. The molecule has 10 heteroatoms. The van der Waals surface area contributed by atoms with Crippen LogP contribution in [-0.2, 0) is 15.8 Å². The lowest BCUT2D eigenvalue weighted by Gasteiger charge is -2.35. The number of halogens is 4. The van der Waals surface area contributed by atoms with Crippen LogP contribution in [0.15, 0.2) is 60.9 Å². The molecule has 0 spiro atoms.